The zero-order chi connectivity index (χ0) is 20.4. The molecule has 0 radical (unpaired) electrons. The summed E-state index contributed by atoms with van der Waals surface area (Å²) in [6.45, 7) is 2.87. The molecule has 3 aliphatic rings. The maximum atomic E-state index is 13.2. The smallest absolute Gasteiger partial charge is 0.223 e. The first-order valence-corrected chi connectivity index (χ1v) is 10.9. The molecule has 0 bridgehead atoms. The van der Waals surface area contributed by atoms with Crippen molar-refractivity contribution in [1.82, 2.24) is 9.80 Å². The van der Waals surface area contributed by atoms with E-state index in [1.165, 1.54) is 0 Å². The van der Waals surface area contributed by atoms with Gasteiger partial charge < -0.3 is 14.5 Å². The molecule has 0 aromatic heterocycles. The molecule has 1 saturated carbocycles. The summed E-state index contributed by atoms with van der Waals surface area (Å²) in [6.07, 6.45) is 10.7. The van der Waals surface area contributed by atoms with Gasteiger partial charge in [-0.15, -0.1) is 0 Å². The summed E-state index contributed by atoms with van der Waals surface area (Å²) in [6, 6.07) is 8.37. The number of carbonyl (C=O) groups is 2. The number of benzene rings is 1. The molecule has 1 heterocycles. The van der Waals surface area contributed by atoms with Crippen LogP contribution in [0.5, 0.6) is 5.75 Å². The summed E-state index contributed by atoms with van der Waals surface area (Å²) in [5.41, 5.74) is 0.727. The van der Waals surface area contributed by atoms with Crippen molar-refractivity contribution in [2.45, 2.75) is 70.1 Å². The Bertz CT molecular complexity index is 795. The Morgan fingerprint density at radius 1 is 1.21 bits per heavy atom. The van der Waals surface area contributed by atoms with Crippen molar-refractivity contribution in [2.75, 3.05) is 13.6 Å². The van der Waals surface area contributed by atoms with E-state index in [2.05, 4.69) is 18.2 Å². The monoisotopic (exact) mass is 396 g/mol. The quantitative estimate of drug-likeness (QED) is 0.728. The molecule has 29 heavy (non-hydrogen) atoms. The third kappa shape index (κ3) is 4.34. The van der Waals surface area contributed by atoms with Crippen LogP contribution in [0.15, 0.2) is 36.4 Å². The fraction of sp³-hybridized carbons (Fsp3) is 0.583. The predicted molar refractivity (Wildman–Crippen MR) is 112 cm³/mol. The maximum absolute atomic E-state index is 13.2. The van der Waals surface area contributed by atoms with Crippen molar-refractivity contribution < 1.29 is 14.3 Å². The third-order valence-electron chi connectivity index (χ3n) is 6.95. The van der Waals surface area contributed by atoms with Crippen molar-refractivity contribution >= 4 is 11.8 Å². The van der Waals surface area contributed by atoms with Gasteiger partial charge >= 0.3 is 0 Å². The van der Waals surface area contributed by atoms with E-state index in [1.807, 2.05) is 35.0 Å². The largest absolute Gasteiger partial charge is 0.485 e. The normalized spacial score (nSPS) is 28.6. The van der Waals surface area contributed by atoms with E-state index in [-0.39, 0.29) is 23.5 Å². The molecule has 1 fully saturated rings. The highest BCUT2D eigenvalue weighted by Crippen LogP contribution is 2.39. The van der Waals surface area contributed by atoms with Crippen molar-refractivity contribution in [1.29, 1.82) is 0 Å². The molecule has 2 aliphatic carbocycles. The van der Waals surface area contributed by atoms with Gasteiger partial charge in [-0.2, -0.15) is 0 Å². The van der Waals surface area contributed by atoms with E-state index < -0.39 is 0 Å². The van der Waals surface area contributed by atoms with E-state index in [4.69, 9.17) is 4.74 Å². The van der Waals surface area contributed by atoms with Gasteiger partial charge in [0.05, 0.1) is 6.54 Å². The molecule has 4 rings (SSSR count). The molecule has 0 N–H and O–H groups in total. The first-order valence-electron chi connectivity index (χ1n) is 10.9. The SMILES string of the molecule is CC(=O)N(C)C1CCC2(CC1)CN(C(=O)C[C@@H]1C=CCC1)Cc1ccccc1O2. The molecule has 1 spiro atoms. The standard InChI is InChI=1S/C24H32N2O3/c1-18(27)25(2)21-11-13-24(14-12-21)17-26(23(28)15-19-7-3-4-8-19)16-20-9-5-6-10-22(20)29-24/h3,5-7,9-10,19,21H,4,8,11-17H2,1-2H3/t19-,21?,24?/m1/s1. The highest BCUT2D eigenvalue weighted by atomic mass is 16.5. The van der Waals surface area contributed by atoms with E-state index >= 15 is 0 Å². The van der Waals surface area contributed by atoms with Crippen LogP contribution in [0.3, 0.4) is 0 Å². The Balaban J connectivity index is 1.53. The van der Waals surface area contributed by atoms with Crippen LogP contribution >= 0.6 is 0 Å². The van der Waals surface area contributed by atoms with Crippen molar-refractivity contribution in [3.05, 3.63) is 42.0 Å². The molecule has 0 unspecified atom stereocenters. The van der Waals surface area contributed by atoms with E-state index in [9.17, 15) is 9.59 Å². The van der Waals surface area contributed by atoms with E-state index in [0.717, 1.165) is 49.8 Å². The van der Waals surface area contributed by atoms with Gasteiger partial charge in [-0.3, -0.25) is 9.59 Å². The molecule has 2 amide bonds. The molecule has 156 valence electrons. The molecule has 0 saturated heterocycles. The molecule has 5 heteroatoms. The fourth-order valence-electron chi connectivity index (χ4n) is 5.04. The van der Waals surface area contributed by atoms with Crippen molar-refractivity contribution in [2.24, 2.45) is 5.92 Å². The number of ether oxygens (including phenoxy) is 1. The number of amides is 2. The molecular formula is C24H32N2O3. The number of allylic oxidation sites excluding steroid dienone is 2. The van der Waals surface area contributed by atoms with Gasteiger partial charge in [-0.1, -0.05) is 30.4 Å². The van der Waals surface area contributed by atoms with Crippen LogP contribution in [-0.2, 0) is 16.1 Å². The lowest BCUT2D eigenvalue weighted by Gasteiger charge is -2.43. The van der Waals surface area contributed by atoms with Gasteiger partial charge in [0, 0.05) is 38.5 Å². The Hall–Kier alpha value is -2.30. The molecule has 1 aromatic rings. The summed E-state index contributed by atoms with van der Waals surface area (Å²) in [4.78, 5) is 28.8. The Labute approximate surface area is 173 Å². The molecule has 1 aromatic carbocycles. The highest BCUT2D eigenvalue weighted by molar-refractivity contribution is 5.77. The maximum Gasteiger partial charge on any atom is 0.223 e. The second kappa shape index (κ2) is 8.21. The molecule has 5 nitrogen and oxygen atoms in total. The van der Waals surface area contributed by atoms with Gasteiger partial charge in [-0.05, 0) is 50.5 Å². The van der Waals surface area contributed by atoms with Crippen LogP contribution in [0.1, 0.15) is 57.4 Å². The van der Waals surface area contributed by atoms with Gasteiger partial charge in [0.1, 0.15) is 11.4 Å². The average molecular weight is 397 g/mol. The van der Waals surface area contributed by atoms with E-state index in [0.29, 0.717) is 25.4 Å². The molecular weight excluding hydrogens is 364 g/mol. The first kappa shape index (κ1) is 20.0. The summed E-state index contributed by atoms with van der Waals surface area (Å²) in [5, 5.41) is 0. The number of hydrogen-bond donors (Lipinski definition) is 0. The van der Waals surface area contributed by atoms with Crippen LogP contribution in [0.4, 0.5) is 0 Å². The second-order valence-electron chi connectivity index (χ2n) is 8.97. The number of nitrogens with zero attached hydrogens (tertiary/aromatic N) is 2. The minimum absolute atomic E-state index is 0.111. The van der Waals surface area contributed by atoms with E-state index in [1.54, 1.807) is 6.92 Å². The topological polar surface area (TPSA) is 49.9 Å². The zero-order valence-electron chi connectivity index (χ0n) is 17.6. The van der Waals surface area contributed by atoms with Crippen molar-refractivity contribution in [3.8, 4) is 5.75 Å². The Morgan fingerprint density at radius 2 is 1.97 bits per heavy atom. The fourth-order valence-corrected chi connectivity index (χ4v) is 5.04. The minimum atomic E-state index is -0.359. The number of fused-ring (bicyclic) bond motifs is 1. The lowest BCUT2D eigenvalue weighted by molar-refractivity contribution is -0.136. The molecule has 1 atom stereocenters. The lowest BCUT2D eigenvalue weighted by atomic mass is 9.81. The summed E-state index contributed by atoms with van der Waals surface area (Å²) < 4.78 is 6.61. The van der Waals surface area contributed by atoms with Crippen LogP contribution in [0, 0.1) is 5.92 Å². The summed E-state index contributed by atoms with van der Waals surface area (Å²) in [5.74, 6) is 1.61. The van der Waals surface area contributed by atoms with Crippen LogP contribution < -0.4 is 4.74 Å². The van der Waals surface area contributed by atoms with Gasteiger partial charge in [0.2, 0.25) is 11.8 Å². The minimum Gasteiger partial charge on any atom is -0.485 e. The zero-order valence-corrected chi connectivity index (χ0v) is 17.6. The number of hydrogen-bond acceptors (Lipinski definition) is 3. The van der Waals surface area contributed by atoms with Crippen LogP contribution in [0.2, 0.25) is 0 Å². The predicted octanol–water partition coefficient (Wildman–Crippen LogP) is 3.92. The number of carbonyl (C=O) groups excluding carboxylic acids is 2. The number of para-hydroxylation sites is 1. The summed E-state index contributed by atoms with van der Waals surface area (Å²) >= 11 is 0. The highest BCUT2D eigenvalue weighted by Gasteiger charge is 2.43. The average Bonchev–Trinajstić information content (AvgIpc) is 3.16. The number of rotatable bonds is 3. The van der Waals surface area contributed by atoms with Gasteiger partial charge in [0.25, 0.3) is 0 Å². The third-order valence-corrected chi connectivity index (χ3v) is 6.95. The van der Waals surface area contributed by atoms with Gasteiger partial charge in [-0.25, -0.2) is 0 Å². The van der Waals surface area contributed by atoms with Crippen LogP contribution in [-0.4, -0.2) is 46.8 Å². The van der Waals surface area contributed by atoms with Crippen molar-refractivity contribution in [3.63, 3.8) is 0 Å². The Kier molecular flexibility index (Phi) is 5.66. The first-order chi connectivity index (χ1) is 14.0. The van der Waals surface area contributed by atoms with Crippen LogP contribution in [0.25, 0.3) is 0 Å². The van der Waals surface area contributed by atoms with Gasteiger partial charge in [0.15, 0.2) is 0 Å². The Morgan fingerprint density at radius 3 is 2.66 bits per heavy atom. The second-order valence-corrected chi connectivity index (χ2v) is 8.97. The summed E-state index contributed by atoms with van der Waals surface area (Å²) in [7, 11) is 1.89. The molecule has 1 aliphatic heterocycles. The lowest BCUT2D eigenvalue weighted by Crippen LogP contribution is -2.52.